The van der Waals surface area contributed by atoms with Crippen molar-refractivity contribution in [2.45, 2.75) is 45.2 Å². The number of benzene rings is 1. The molecule has 1 N–H and O–H groups in total. The summed E-state index contributed by atoms with van der Waals surface area (Å²) in [5, 5.41) is 7.42. The third kappa shape index (κ3) is 8.60. The molecule has 0 heterocycles. The van der Waals surface area contributed by atoms with Crippen LogP contribution >= 0.6 is 0 Å². The Morgan fingerprint density at radius 2 is 1.96 bits per heavy atom. The molecular weight excluding hydrogens is 321 g/mol. The predicted molar refractivity (Wildman–Crippen MR) is 86.0 cm³/mol. The summed E-state index contributed by atoms with van der Waals surface area (Å²) in [5.41, 5.74) is -0.670. The van der Waals surface area contributed by atoms with E-state index >= 15 is 0 Å². The number of carbonyl (C=O) groups is 1. The molecule has 0 aromatic heterocycles. The quantitative estimate of drug-likeness (QED) is 0.581. The zero-order chi connectivity index (χ0) is 18.0. The number of hydrogen-bond donors (Lipinski definition) is 1. The minimum atomic E-state index is -4.32. The fourth-order valence-electron chi connectivity index (χ4n) is 2.45. The van der Waals surface area contributed by atoms with Crippen LogP contribution in [0.25, 0.3) is 0 Å². The zero-order valence-electron chi connectivity index (χ0n) is 13.7. The normalized spacial score (nSPS) is 15.2. The number of hydrogen-bond acceptors (Lipinski definition) is 2. The summed E-state index contributed by atoms with van der Waals surface area (Å²) < 4.78 is 42.9. The van der Waals surface area contributed by atoms with Crippen LogP contribution in [-0.4, -0.2) is 17.7 Å². The molecule has 3 nitrogen and oxygen atoms in total. The van der Waals surface area contributed by atoms with Crippen LogP contribution in [0.5, 0.6) is 5.75 Å². The van der Waals surface area contributed by atoms with Gasteiger partial charge in [0.15, 0.2) is 0 Å². The van der Waals surface area contributed by atoms with E-state index in [-0.39, 0.29) is 5.75 Å². The van der Waals surface area contributed by atoms with Crippen LogP contribution < -0.4 is 4.74 Å². The van der Waals surface area contributed by atoms with Gasteiger partial charge >= 0.3 is 6.18 Å². The van der Waals surface area contributed by atoms with E-state index in [0.717, 1.165) is 25.5 Å². The van der Waals surface area contributed by atoms with Gasteiger partial charge < -0.3 is 9.84 Å². The lowest BCUT2D eigenvalue weighted by Gasteiger charge is -2.09. The number of rotatable bonds is 5. The second kappa shape index (κ2) is 10.0. The SMILES string of the molecule is CC(=O)O.FC(F)(F)c1cccc(OCC/C=C/C2CCCC2)c1. The lowest BCUT2D eigenvalue weighted by Crippen LogP contribution is -2.05. The Morgan fingerprint density at radius 3 is 2.54 bits per heavy atom. The maximum absolute atomic E-state index is 12.5. The van der Waals surface area contributed by atoms with Crippen molar-refractivity contribution in [3.63, 3.8) is 0 Å². The van der Waals surface area contributed by atoms with Gasteiger partial charge in [-0.2, -0.15) is 13.2 Å². The van der Waals surface area contributed by atoms with E-state index in [0.29, 0.717) is 12.5 Å². The van der Waals surface area contributed by atoms with Crippen LogP contribution in [0.1, 0.15) is 44.6 Å². The summed E-state index contributed by atoms with van der Waals surface area (Å²) in [5.74, 6) is 0.123. The van der Waals surface area contributed by atoms with Crippen molar-refractivity contribution in [3.8, 4) is 5.75 Å². The molecule has 0 atom stereocenters. The zero-order valence-corrected chi connectivity index (χ0v) is 13.7. The Hall–Kier alpha value is -1.98. The molecule has 0 spiro atoms. The second-order valence-corrected chi connectivity index (χ2v) is 5.65. The number of halogens is 3. The van der Waals surface area contributed by atoms with E-state index in [1.807, 2.05) is 0 Å². The Bertz CT molecular complexity index is 529. The number of carboxylic acid groups (broad SMARTS) is 1. The van der Waals surface area contributed by atoms with Crippen molar-refractivity contribution in [1.29, 1.82) is 0 Å². The summed E-state index contributed by atoms with van der Waals surface area (Å²) >= 11 is 0. The van der Waals surface area contributed by atoms with Gasteiger partial charge in [0, 0.05) is 6.92 Å². The Balaban J connectivity index is 0.000000648. The molecule has 1 aromatic carbocycles. The number of aliphatic carboxylic acids is 1. The first-order valence-corrected chi connectivity index (χ1v) is 7.95. The first kappa shape index (κ1) is 20.1. The van der Waals surface area contributed by atoms with Gasteiger partial charge in [0.2, 0.25) is 0 Å². The van der Waals surface area contributed by atoms with Crippen LogP contribution in [0.4, 0.5) is 13.2 Å². The van der Waals surface area contributed by atoms with Gasteiger partial charge in [-0.25, -0.2) is 0 Å². The molecule has 0 radical (unpaired) electrons. The smallest absolute Gasteiger partial charge is 0.416 e. The fourth-order valence-corrected chi connectivity index (χ4v) is 2.45. The molecule has 2 rings (SSSR count). The molecule has 0 unspecified atom stereocenters. The molecular formula is C18H23F3O3. The van der Waals surface area contributed by atoms with Crippen molar-refractivity contribution in [3.05, 3.63) is 42.0 Å². The summed E-state index contributed by atoms with van der Waals surface area (Å²) in [6.45, 7) is 1.49. The maximum Gasteiger partial charge on any atom is 0.416 e. The molecule has 1 aromatic rings. The number of alkyl halides is 3. The molecule has 6 heteroatoms. The molecule has 24 heavy (non-hydrogen) atoms. The molecule has 0 amide bonds. The van der Waals surface area contributed by atoms with Gasteiger partial charge in [-0.3, -0.25) is 4.79 Å². The summed E-state index contributed by atoms with van der Waals surface area (Å²) in [4.78, 5) is 9.00. The molecule has 0 saturated heterocycles. The summed E-state index contributed by atoms with van der Waals surface area (Å²) in [6.07, 6.45) is 5.81. The van der Waals surface area contributed by atoms with E-state index in [2.05, 4.69) is 12.2 Å². The van der Waals surface area contributed by atoms with Crippen LogP contribution in [0.3, 0.4) is 0 Å². The van der Waals surface area contributed by atoms with E-state index < -0.39 is 17.7 Å². The highest BCUT2D eigenvalue weighted by atomic mass is 19.4. The van der Waals surface area contributed by atoms with Crippen molar-refractivity contribution < 1.29 is 27.8 Å². The van der Waals surface area contributed by atoms with Crippen molar-refractivity contribution in [1.82, 2.24) is 0 Å². The van der Waals surface area contributed by atoms with Gasteiger partial charge in [-0.15, -0.1) is 0 Å². The standard InChI is InChI=1S/C16H19F3O.C2H4O2/c17-16(18,19)14-9-5-10-15(12-14)20-11-4-3-8-13-6-1-2-7-13;1-2(3)4/h3,5,8-10,12-13H,1-2,4,6-7,11H2;1H3,(H,3,4)/b8-3+;. The highest BCUT2D eigenvalue weighted by Gasteiger charge is 2.30. The molecule has 1 aliphatic rings. The average Bonchev–Trinajstić information content (AvgIpc) is 2.99. The third-order valence-electron chi connectivity index (χ3n) is 3.52. The second-order valence-electron chi connectivity index (χ2n) is 5.65. The Kier molecular flexibility index (Phi) is 8.36. The van der Waals surface area contributed by atoms with Gasteiger partial charge in [0.1, 0.15) is 5.75 Å². The molecule has 0 aliphatic heterocycles. The number of ether oxygens (including phenoxy) is 1. The molecule has 1 aliphatic carbocycles. The van der Waals surface area contributed by atoms with Crippen molar-refractivity contribution in [2.24, 2.45) is 5.92 Å². The third-order valence-corrected chi connectivity index (χ3v) is 3.52. The van der Waals surface area contributed by atoms with Crippen LogP contribution in [0.15, 0.2) is 36.4 Å². The largest absolute Gasteiger partial charge is 0.493 e. The van der Waals surface area contributed by atoms with Crippen molar-refractivity contribution >= 4 is 5.97 Å². The predicted octanol–water partition coefficient (Wildman–Crippen LogP) is 5.31. The van der Waals surface area contributed by atoms with Gasteiger partial charge in [-0.05, 0) is 43.4 Å². The van der Waals surface area contributed by atoms with Gasteiger partial charge in [0.05, 0.1) is 12.2 Å². The number of carboxylic acids is 1. The molecule has 134 valence electrons. The van der Waals surface area contributed by atoms with E-state index in [1.54, 1.807) is 6.07 Å². The first-order valence-electron chi connectivity index (χ1n) is 7.95. The Labute approximate surface area is 140 Å². The van der Waals surface area contributed by atoms with E-state index in [4.69, 9.17) is 14.6 Å². The highest BCUT2D eigenvalue weighted by molar-refractivity contribution is 5.62. The molecule has 0 bridgehead atoms. The van der Waals surface area contributed by atoms with Gasteiger partial charge in [-0.1, -0.05) is 31.1 Å². The first-order chi connectivity index (χ1) is 11.3. The highest BCUT2D eigenvalue weighted by Crippen LogP contribution is 2.31. The molecule has 1 saturated carbocycles. The summed E-state index contributed by atoms with van der Waals surface area (Å²) in [6, 6.07) is 5.01. The lowest BCUT2D eigenvalue weighted by molar-refractivity contribution is -0.137. The minimum Gasteiger partial charge on any atom is -0.493 e. The average molecular weight is 344 g/mol. The maximum atomic E-state index is 12.5. The van der Waals surface area contributed by atoms with Crippen LogP contribution in [0.2, 0.25) is 0 Å². The fraction of sp³-hybridized carbons (Fsp3) is 0.500. The van der Waals surface area contributed by atoms with Crippen LogP contribution in [-0.2, 0) is 11.0 Å². The molecule has 1 fully saturated rings. The van der Waals surface area contributed by atoms with Crippen molar-refractivity contribution in [2.75, 3.05) is 6.61 Å². The Morgan fingerprint density at radius 1 is 1.33 bits per heavy atom. The van der Waals surface area contributed by atoms with E-state index in [9.17, 15) is 13.2 Å². The van der Waals surface area contributed by atoms with E-state index in [1.165, 1.54) is 31.7 Å². The number of allylic oxidation sites excluding steroid dienone is 1. The summed E-state index contributed by atoms with van der Waals surface area (Å²) in [7, 11) is 0. The lowest BCUT2D eigenvalue weighted by atomic mass is 10.1. The minimum absolute atomic E-state index is 0.272. The topological polar surface area (TPSA) is 46.5 Å². The van der Waals surface area contributed by atoms with Crippen LogP contribution in [0, 0.1) is 5.92 Å². The monoisotopic (exact) mass is 344 g/mol. The van der Waals surface area contributed by atoms with Gasteiger partial charge in [0.25, 0.3) is 5.97 Å².